The maximum Gasteiger partial charge on any atom is 0.234 e. The Kier molecular flexibility index (Phi) is 7.70. The van der Waals surface area contributed by atoms with Crippen LogP contribution in [0.4, 0.5) is 5.69 Å². The van der Waals surface area contributed by atoms with Crippen LogP contribution in [0.5, 0.6) is 5.75 Å². The highest BCUT2D eigenvalue weighted by atomic mass is 35.5. The second-order valence-corrected chi connectivity index (χ2v) is 11.3. The molecule has 0 unspecified atom stereocenters. The molecule has 2 aliphatic rings. The average Bonchev–Trinajstić information content (AvgIpc) is 2.81. The highest BCUT2D eigenvalue weighted by Crippen LogP contribution is 2.48. The molecule has 2 aromatic rings. The van der Waals surface area contributed by atoms with E-state index in [2.05, 4.69) is 30.6 Å². The normalized spacial score (nSPS) is 18.8. The summed E-state index contributed by atoms with van der Waals surface area (Å²) in [6.07, 6.45) is 1.06. The van der Waals surface area contributed by atoms with Gasteiger partial charge in [0.05, 0.1) is 41.1 Å². The molecule has 1 aliphatic heterocycles. The smallest absolute Gasteiger partial charge is 0.234 e. The van der Waals surface area contributed by atoms with E-state index in [4.69, 9.17) is 27.9 Å². The minimum absolute atomic E-state index is 0.0243. The Morgan fingerprint density at radius 3 is 2.56 bits per heavy atom. The topological polar surface area (TPSA) is 91.2 Å². The van der Waals surface area contributed by atoms with Crippen molar-refractivity contribution in [1.82, 2.24) is 5.32 Å². The summed E-state index contributed by atoms with van der Waals surface area (Å²) in [5, 5.41) is 17.9. The Labute approximate surface area is 224 Å². The van der Waals surface area contributed by atoms with E-state index in [1.807, 2.05) is 12.1 Å². The van der Waals surface area contributed by atoms with Gasteiger partial charge in [-0.3, -0.25) is 9.59 Å². The number of nitrogens with one attached hydrogen (secondary N) is 2. The molecule has 6 nitrogen and oxygen atoms in total. The van der Waals surface area contributed by atoms with Gasteiger partial charge in [-0.15, -0.1) is 0 Å². The first-order valence-corrected chi connectivity index (χ1v) is 13.0. The third-order valence-corrected chi connectivity index (χ3v) is 7.62. The molecule has 1 heterocycles. The Morgan fingerprint density at radius 2 is 1.89 bits per heavy atom. The Hall–Kier alpha value is -2.92. The number of ether oxygens (including phenoxy) is 1. The Bertz CT molecular complexity index is 1330. The minimum Gasteiger partial charge on any atom is -0.495 e. The lowest BCUT2D eigenvalue weighted by atomic mass is 9.69. The number of anilines is 1. The lowest BCUT2D eigenvalue weighted by Gasteiger charge is -2.39. The van der Waals surface area contributed by atoms with Gasteiger partial charge in [-0.2, -0.15) is 5.26 Å². The fourth-order valence-electron chi connectivity index (χ4n) is 4.58. The maximum absolute atomic E-state index is 13.3. The van der Waals surface area contributed by atoms with Gasteiger partial charge in [0.1, 0.15) is 5.75 Å². The van der Waals surface area contributed by atoms with Crippen molar-refractivity contribution in [3.63, 3.8) is 0 Å². The number of ketones is 1. The van der Waals surface area contributed by atoms with Crippen LogP contribution in [0.25, 0.3) is 0 Å². The number of carbonyl (C=O) groups excluding carboxylic acids is 2. The zero-order valence-corrected chi connectivity index (χ0v) is 22.4. The van der Waals surface area contributed by atoms with E-state index in [1.54, 1.807) is 30.3 Å². The number of hydrogen-bond acceptors (Lipinski definition) is 6. The number of thioether (sulfide) groups is 1. The summed E-state index contributed by atoms with van der Waals surface area (Å²) in [4.78, 5) is 26.1. The van der Waals surface area contributed by atoms with Crippen molar-refractivity contribution in [2.45, 2.75) is 32.6 Å². The second-order valence-electron chi connectivity index (χ2n) is 9.48. The molecule has 0 saturated carbocycles. The number of hydrogen-bond donors (Lipinski definition) is 2. The molecular formula is C27H25Cl2N3O3S. The molecule has 186 valence electrons. The molecule has 1 aliphatic carbocycles. The van der Waals surface area contributed by atoms with E-state index in [0.717, 1.165) is 11.3 Å². The number of carbonyl (C=O) groups is 2. The number of nitrogens with zero attached hydrogens (tertiary/aromatic N) is 1. The largest absolute Gasteiger partial charge is 0.495 e. The SMILES string of the molecule is COc1ccc(Cl)cc1NC(=O)CSC1=C(C#N)[C@@H](c2ccc(Cl)cc2)C2=C(CC(C)(C)CC2=O)N1. The molecule has 4 rings (SSSR count). The van der Waals surface area contributed by atoms with Crippen LogP contribution in [0.2, 0.25) is 10.0 Å². The van der Waals surface area contributed by atoms with Crippen molar-refractivity contribution < 1.29 is 14.3 Å². The van der Waals surface area contributed by atoms with Gasteiger partial charge < -0.3 is 15.4 Å². The lowest BCUT2D eigenvalue weighted by Crippen LogP contribution is -2.37. The van der Waals surface area contributed by atoms with E-state index in [-0.39, 0.29) is 22.9 Å². The highest BCUT2D eigenvalue weighted by molar-refractivity contribution is 8.03. The molecule has 2 N–H and O–H groups in total. The van der Waals surface area contributed by atoms with Crippen LogP contribution in [0, 0.1) is 16.7 Å². The maximum atomic E-state index is 13.3. The van der Waals surface area contributed by atoms with Crippen LogP contribution in [-0.2, 0) is 9.59 Å². The molecule has 0 bridgehead atoms. The summed E-state index contributed by atoms with van der Waals surface area (Å²) in [5.41, 5.74) is 2.88. The summed E-state index contributed by atoms with van der Waals surface area (Å²) < 4.78 is 5.30. The predicted octanol–water partition coefficient (Wildman–Crippen LogP) is 6.44. The van der Waals surface area contributed by atoms with Gasteiger partial charge in [0.25, 0.3) is 0 Å². The molecule has 1 amide bonds. The highest BCUT2D eigenvalue weighted by Gasteiger charge is 2.42. The molecule has 0 radical (unpaired) electrons. The zero-order chi connectivity index (χ0) is 26.0. The van der Waals surface area contributed by atoms with Crippen LogP contribution in [0.3, 0.4) is 0 Å². The molecule has 1 atom stereocenters. The quantitative estimate of drug-likeness (QED) is 0.437. The molecule has 9 heteroatoms. The van der Waals surface area contributed by atoms with Gasteiger partial charge in [-0.05, 0) is 47.7 Å². The van der Waals surface area contributed by atoms with E-state index in [0.29, 0.717) is 50.5 Å². The van der Waals surface area contributed by atoms with E-state index >= 15 is 0 Å². The second kappa shape index (κ2) is 10.6. The Balaban J connectivity index is 1.64. The van der Waals surface area contributed by atoms with E-state index in [1.165, 1.54) is 18.9 Å². The van der Waals surface area contributed by atoms with Gasteiger partial charge in [-0.1, -0.05) is 60.9 Å². The first-order valence-electron chi connectivity index (χ1n) is 11.3. The number of dihydropyridines is 1. The molecule has 0 aromatic heterocycles. The predicted molar refractivity (Wildman–Crippen MR) is 144 cm³/mol. The monoisotopic (exact) mass is 541 g/mol. The number of benzene rings is 2. The lowest BCUT2D eigenvalue weighted by molar-refractivity contribution is -0.118. The first kappa shape index (κ1) is 26.2. The van der Waals surface area contributed by atoms with Crippen LogP contribution in [0.15, 0.2) is 64.3 Å². The molecule has 36 heavy (non-hydrogen) atoms. The third kappa shape index (κ3) is 5.57. The summed E-state index contributed by atoms with van der Waals surface area (Å²) in [6.45, 7) is 4.10. The molecule has 2 aromatic carbocycles. The number of methoxy groups -OCH3 is 1. The van der Waals surface area contributed by atoms with Crippen LogP contribution in [-0.4, -0.2) is 24.6 Å². The standard InChI is InChI=1S/C27H25Cl2N3O3S/c1-27(2)11-20-25(21(33)12-27)24(15-4-6-16(28)7-5-15)18(13-30)26(32-20)36-14-23(34)31-19-10-17(29)8-9-22(19)35-3/h4-10,24,32H,11-12,14H2,1-3H3,(H,31,34)/t24-/m1/s1. The van der Waals surface area contributed by atoms with Crippen LogP contribution in [0.1, 0.15) is 38.2 Å². The molecule has 0 spiro atoms. The van der Waals surface area contributed by atoms with Gasteiger partial charge in [-0.25, -0.2) is 0 Å². The summed E-state index contributed by atoms with van der Waals surface area (Å²) >= 11 is 13.4. The van der Waals surface area contributed by atoms with Crippen molar-refractivity contribution >= 4 is 52.3 Å². The van der Waals surface area contributed by atoms with Crippen molar-refractivity contribution in [3.8, 4) is 11.8 Å². The van der Waals surface area contributed by atoms with Gasteiger partial charge >= 0.3 is 0 Å². The van der Waals surface area contributed by atoms with Crippen LogP contribution >= 0.6 is 35.0 Å². The number of allylic oxidation sites excluding steroid dienone is 3. The summed E-state index contributed by atoms with van der Waals surface area (Å²) in [6, 6.07) is 14.5. The Morgan fingerprint density at radius 1 is 1.19 bits per heavy atom. The fraction of sp³-hybridized carbons (Fsp3) is 0.296. The number of nitriles is 1. The third-order valence-electron chi connectivity index (χ3n) is 6.11. The van der Waals surface area contributed by atoms with Crippen molar-refractivity contribution in [3.05, 3.63) is 79.9 Å². The number of amides is 1. The van der Waals surface area contributed by atoms with Gasteiger partial charge in [0.2, 0.25) is 5.91 Å². The van der Waals surface area contributed by atoms with Crippen molar-refractivity contribution in [1.29, 1.82) is 5.26 Å². The molecule has 0 saturated heterocycles. The van der Waals surface area contributed by atoms with Crippen molar-refractivity contribution in [2.24, 2.45) is 5.41 Å². The van der Waals surface area contributed by atoms with Gasteiger partial charge in [0, 0.05) is 27.7 Å². The number of Topliss-reactive ketones (excluding diaryl/α,β-unsaturated/α-hetero) is 1. The number of halogens is 2. The summed E-state index contributed by atoms with van der Waals surface area (Å²) in [7, 11) is 1.51. The number of rotatable bonds is 6. The van der Waals surface area contributed by atoms with Crippen molar-refractivity contribution in [2.75, 3.05) is 18.2 Å². The molecule has 0 fully saturated rings. The average molecular weight is 542 g/mol. The van der Waals surface area contributed by atoms with E-state index < -0.39 is 5.92 Å². The summed E-state index contributed by atoms with van der Waals surface area (Å²) in [5.74, 6) is -0.251. The van der Waals surface area contributed by atoms with Gasteiger partial charge in [0.15, 0.2) is 5.78 Å². The molecular weight excluding hydrogens is 517 g/mol. The zero-order valence-electron chi connectivity index (χ0n) is 20.1. The fourth-order valence-corrected chi connectivity index (χ4v) is 5.74. The van der Waals surface area contributed by atoms with E-state index in [9.17, 15) is 14.9 Å². The first-order chi connectivity index (χ1) is 17.1. The van der Waals surface area contributed by atoms with Crippen LogP contribution < -0.4 is 15.4 Å². The minimum atomic E-state index is -0.522.